The van der Waals surface area contributed by atoms with E-state index in [0.29, 0.717) is 10.8 Å². The van der Waals surface area contributed by atoms with Crippen molar-refractivity contribution in [2.75, 3.05) is 6.61 Å². The molecule has 1 aromatic rings. The number of rotatable bonds is 8. The van der Waals surface area contributed by atoms with Gasteiger partial charge in [0.15, 0.2) is 11.9 Å². The SMILES string of the molecule is CC(C)OC(=O)C(C)NPOCC1OC(n2cc(F)c(=O)[nH]c2=O)C(C)(F)[C@H]1O. The Morgan fingerprint density at radius 1 is 1.48 bits per heavy atom. The maximum absolute atomic E-state index is 15.0. The Morgan fingerprint density at radius 2 is 2.14 bits per heavy atom. The lowest BCUT2D eigenvalue weighted by Crippen LogP contribution is -2.44. The molecule has 6 atom stereocenters. The van der Waals surface area contributed by atoms with Crippen LogP contribution in [0.3, 0.4) is 0 Å². The van der Waals surface area contributed by atoms with E-state index in [1.54, 1.807) is 25.8 Å². The first-order valence-electron chi connectivity index (χ1n) is 8.81. The van der Waals surface area contributed by atoms with Crippen molar-refractivity contribution in [2.24, 2.45) is 0 Å². The summed E-state index contributed by atoms with van der Waals surface area (Å²) in [5, 5.41) is 13.0. The smallest absolute Gasteiger partial charge is 0.330 e. The zero-order chi connectivity index (χ0) is 21.9. The minimum absolute atomic E-state index is 0.265. The number of carbonyl (C=O) groups is 1. The quantitative estimate of drug-likeness (QED) is 0.296. The van der Waals surface area contributed by atoms with E-state index in [4.69, 9.17) is 14.0 Å². The third-order valence-corrected chi connectivity index (χ3v) is 5.06. The molecule has 0 aromatic carbocycles. The van der Waals surface area contributed by atoms with Gasteiger partial charge in [-0.05, 0) is 27.7 Å². The highest BCUT2D eigenvalue weighted by molar-refractivity contribution is 7.29. The molecule has 1 saturated heterocycles. The molecule has 1 aliphatic rings. The molecule has 0 spiro atoms. The van der Waals surface area contributed by atoms with Crippen molar-refractivity contribution in [2.45, 2.75) is 63.9 Å². The summed E-state index contributed by atoms with van der Waals surface area (Å²) in [5.74, 6) is -1.77. The Kier molecular flexibility index (Phi) is 7.63. The van der Waals surface area contributed by atoms with E-state index in [2.05, 4.69) is 5.09 Å². The Morgan fingerprint density at radius 3 is 2.76 bits per heavy atom. The zero-order valence-corrected chi connectivity index (χ0v) is 17.3. The summed E-state index contributed by atoms with van der Waals surface area (Å²) >= 11 is 0. The van der Waals surface area contributed by atoms with Crippen molar-refractivity contribution < 1.29 is 32.7 Å². The third-order valence-electron chi connectivity index (χ3n) is 4.19. The van der Waals surface area contributed by atoms with Crippen LogP contribution in [0.4, 0.5) is 8.78 Å². The number of ether oxygens (including phenoxy) is 2. The monoisotopic (exact) mass is 439 g/mol. The molecule has 10 nitrogen and oxygen atoms in total. The van der Waals surface area contributed by atoms with Gasteiger partial charge in [-0.2, -0.15) is 4.39 Å². The van der Waals surface area contributed by atoms with E-state index in [-0.39, 0.29) is 21.7 Å². The summed E-state index contributed by atoms with van der Waals surface area (Å²) in [6.07, 6.45) is -4.29. The second-order valence-corrected chi connectivity index (χ2v) is 7.81. The minimum Gasteiger partial charge on any atom is -0.462 e. The maximum atomic E-state index is 15.0. The number of nitrogens with zero attached hydrogens (tertiary/aromatic N) is 1. The number of aliphatic hydroxyl groups excluding tert-OH is 1. The highest BCUT2D eigenvalue weighted by atomic mass is 31.1. The van der Waals surface area contributed by atoms with Crippen LogP contribution in [-0.4, -0.2) is 57.3 Å². The molecular formula is C16H24F2N3O7P. The molecule has 0 saturated carbocycles. The average molecular weight is 439 g/mol. The van der Waals surface area contributed by atoms with E-state index in [1.807, 2.05) is 0 Å². The Bertz CT molecular complexity index is 845. The number of halogens is 2. The fourth-order valence-electron chi connectivity index (χ4n) is 2.63. The number of hydrogen-bond donors (Lipinski definition) is 3. The number of aromatic amines is 1. The summed E-state index contributed by atoms with van der Waals surface area (Å²) in [7, 11) is -0.388. The van der Waals surface area contributed by atoms with Crippen LogP contribution in [0.1, 0.15) is 33.9 Å². The maximum Gasteiger partial charge on any atom is 0.330 e. The van der Waals surface area contributed by atoms with Gasteiger partial charge in [0, 0.05) is 0 Å². The van der Waals surface area contributed by atoms with E-state index in [0.717, 1.165) is 6.92 Å². The fraction of sp³-hybridized carbons (Fsp3) is 0.688. The van der Waals surface area contributed by atoms with Crippen LogP contribution in [0.5, 0.6) is 0 Å². The first-order chi connectivity index (χ1) is 13.4. The van der Waals surface area contributed by atoms with Crippen molar-refractivity contribution in [3.63, 3.8) is 0 Å². The van der Waals surface area contributed by atoms with Crippen LogP contribution in [0.15, 0.2) is 15.8 Å². The lowest BCUT2D eigenvalue weighted by molar-refractivity contribution is -0.148. The molecular weight excluding hydrogens is 415 g/mol. The fourth-order valence-corrected chi connectivity index (χ4v) is 3.26. The molecule has 1 aliphatic heterocycles. The lowest BCUT2D eigenvalue weighted by Gasteiger charge is -2.24. The van der Waals surface area contributed by atoms with Gasteiger partial charge >= 0.3 is 11.7 Å². The lowest BCUT2D eigenvalue weighted by atomic mass is 9.98. The molecule has 2 heterocycles. The van der Waals surface area contributed by atoms with Gasteiger partial charge in [0.2, 0.25) is 5.82 Å². The molecule has 1 aromatic heterocycles. The predicted molar refractivity (Wildman–Crippen MR) is 98.8 cm³/mol. The molecule has 164 valence electrons. The van der Waals surface area contributed by atoms with Crippen LogP contribution in [0.25, 0.3) is 0 Å². The largest absolute Gasteiger partial charge is 0.462 e. The van der Waals surface area contributed by atoms with E-state index in [1.165, 1.54) is 0 Å². The molecule has 2 rings (SSSR count). The van der Waals surface area contributed by atoms with Crippen molar-refractivity contribution >= 4 is 14.9 Å². The number of aliphatic hydroxyl groups is 1. The van der Waals surface area contributed by atoms with E-state index < -0.39 is 53.2 Å². The van der Waals surface area contributed by atoms with Gasteiger partial charge in [0.1, 0.15) is 18.2 Å². The van der Waals surface area contributed by atoms with Crippen LogP contribution in [0, 0.1) is 5.82 Å². The molecule has 0 aliphatic carbocycles. The van der Waals surface area contributed by atoms with Crippen molar-refractivity contribution in [3.05, 3.63) is 32.9 Å². The molecule has 29 heavy (non-hydrogen) atoms. The Labute approximate surface area is 166 Å². The molecule has 1 fully saturated rings. The van der Waals surface area contributed by atoms with E-state index >= 15 is 4.39 Å². The number of esters is 1. The highest BCUT2D eigenvalue weighted by Crippen LogP contribution is 2.41. The predicted octanol–water partition coefficient (Wildman–Crippen LogP) is 0.117. The van der Waals surface area contributed by atoms with Gasteiger partial charge < -0.3 is 19.1 Å². The van der Waals surface area contributed by atoms with Crippen LogP contribution >= 0.6 is 8.96 Å². The number of hydrogen-bond acceptors (Lipinski definition) is 8. The van der Waals surface area contributed by atoms with Gasteiger partial charge in [-0.3, -0.25) is 24.2 Å². The first-order valence-corrected chi connectivity index (χ1v) is 9.72. The molecule has 0 amide bonds. The summed E-state index contributed by atoms with van der Waals surface area (Å²) < 4.78 is 44.7. The van der Waals surface area contributed by atoms with Gasteiger partial charge in [-0.1, -0.05) is 0 Å². The van der Waals surface area contributed by atoms with Crippen LogP contribution in [0.2, 0.25) is 0 Å². The van der Waals surface area contributed by atoms with Crippen LogP contribution in [-0.2, 0) is 18.8 Å². The first kappa shape index (κ1) is 23.6. The third kappa shape index (κ3) is 5.46. The molecule has 0 radical (unpaired) electrons. The van der Waals surface area contributed by atoms with Crippen LogP contribution < -0.4 is 16.3 Å². The highest BCUT2D eigenvalue weighted by Gasteiger charge is 2.55. The van der Waals surface area contributed by atoms with Crippen molar-refractivity contribution in [1.82, 2.24) is 14.6 Å². The Hall–Kier alpha value is -1.72. The number of H-pyrrole nitrogens is 1. The normalized spacial score (nSPS) is 28.3. The standard InChI is InChI=1S/C16H24F2N3O7P/c1-7(2)27-13(24)8(3)20-29-26-6-10-11(22)16(4,18)14(28-10)21-5-9(17)12(23)19-15(21)25/h5,7-8,10-11,14,20,22,29H,6H2,1-4H3,(H,19,23,25)/t8?,10?,11-,14?,16?/m0/s1. The summed E-state index contributed by atoms with van der Waals surface area (Å²) in [6, 6.07) is -0.646. The molecule has 0 bridgehead atoms. The number of aromatic nitrogens is 2. The van der Waals surface area contributed by atoms with E-state index in [9.17, 15) is 23.9 Å². The zero-order valence-electron chi connectivity index (χ0n) is 16.3. The molecule has 3 N–H and O–H groups in total. The van der Waals surface area contributed by atoms with Crippen molar-refractivity contribution in [3.8, 4) is 0 Å². The summed E-state index contributed by atoms with van der Waals surface area (Å²) in [6.45, 7) is 5.73. The van der Waals surface area contributed by atoms with Gasteiger partial charge in [0.05, 0.1) is 27.9 Å². The summed E-state index contributed by atoms with van der Waals surface area (Å²) in [5.41, 5.74) is -4.80. The second-order valence-electron chi connectivity index (χ2n) is 7.03. The Balaban J connectivity index is 1.97. The topological polar surface area (TPSA) is 132 Å². The second kappa shape index (κ2) is 9.40. The minimum atomic E-state index is -2.46. The van der Waals surface area contributed by atoms with Gasteiger partial charge in [-0.15, -0.1) is 0 Å². The number of alkyl halides is 1. The number of nitrogens with one attached hydrogen (secondary N) is 2. The van der Waals surface area contributed by atoms with Crippen molar-refractivity contribution in [1.29, 1.82) is 0 Å². The average Bonchev–Trinajstić information content (AvgIpc) is 2.84. The number of carbonyl (C=O) groups excluding carboxylic acids is 1. The van der Waals surface area contributed by atoms with Gasteiger partial charge in [0.25, 0.3) is 5.56 Å². The molecule has 5 unspecified atom stereocenters. The van der Waals surface area contributed by atoms with Gasteiger partial charge in [-0.25, -0.2) is 9.18 Å². The molecule has 13 heteroatoms. The summed E-state index contributed by atoms with van der Waals surface area (Å²) in [4.78, 5) is 36.4.